The molecule has 174 valence electrons. The molecular weight excluding hydrogens is 376 g/mol. The van der Waals surface area contributed by atoms with Gasteiger partial charge in [-0.05, 0) is 18.4 Å². The SMILES string of the molecule is CCCCCCCCCCCCCCCCCC[n+]1ccn(C)c1Cc1ccccc1. The molecule has 1 aromatic carbocycles. The van der Waals surface area contributed by atoms with Crippen molar-refractivity contribution in [3.8, 4) is 0 Å². The van der Waals surface area contributed by atoms with Crippen LogP contribution in [-0.4, -0.2) is 4.57 Å². The van der Waals surface area contributed by atoms with Crippen LogP contribution in [0.5, 0.6) is 0 Å². The van der Waals surface area contributed by atoms with Crippen molar-refractivity contribution in [1.29, 1.82) is 0 Å². The molecule has 0 aliphatic carbocycles. The van der Waals surface area contributed by atoms with Gasteiger partial charge in [-0.3, -0.25) is 0 Å². The van der Waals surface area contributed by atoms with E-state index >= 15 is 0 Å². The van der Waals surface area contributed by atoms with Gasteiger partial charge in [-0.15, -0.1) is 0 Å². The lowest BCUT2D eigenvalue weighted by atomic mass is 10.0. The Balaban J connectivity index is 1.43. The molecule has 0 bridgehead atoms. The Kier molecular flexibility index (Phi) is 14.1. The number of aryl methyl sites for hydroxylation is 2. The Hall–Kier alpha value is -1.57. The molecule has 0 unspecified atom stereocenters. The van der Waals surface area contributed by atoms with E-state index < -0.39 is 0 Å². The minimum absolute atomic E-state index is 1.02. The van der Waals surface area contributed by atoms with Crippen molar-refractivity contribution in [3.63, 3.8) is 0 Å². The van der Waals surface area contributed by atoms with Gasteiger partial charge in [0.15, 0.2) is 0 Å². The first-order chi connectivity index (χ1) is 15.3. The molecule has 0 saturated heterocycles. The number of aromatic nitrogens is 2. The lowest BCUT2D eigenvalue weighted by molar-refractivity contribution is -0.703. The highest BCUT2D eigenvalue weighted by molar-refractivity contribution is 5.17. The number of hydrogen-bond donors (Lipinski definition) is 0. The highest BCUT2D eigenvalue weighted by Crippen LogP contribution is 2.14. The van der Waals surface area contributed by atoms with E-state index in [2.05, 4.69) is 65.8 Å². The minimum atomic E-state index is 1.02. The van der Waals surface area contributed by atoms with Gasteiger partial charge in [-0.2, -0.15) is 0 Å². The van der Waals surface area contributed by atoms with Crippen molar-refractivity contribution in [2.75, 3.05) is 0 Å². The average Bonchev–Trinajstić information content (AvgIpc) is 3.13. The van der Waals surface area contributed by atoms with Crippen molar-refractivity contribution < 1.29 is 4.57 Å². The number of imidazole rings is 1. The van der Waals surface area contributed by atoms with E-state index in [9.17, 15) is 0 Å². The summed E-state index contributed by atoms with van der Waals surface area (Å²) in [6.07, 6.45) is 28.3. The largest absolute Gasteiger partial charge is 0.260 e. The lowest BCUT2D eigenvalue weighted by Gasteiger charge is -2.05. The zero-order chi connectivity index (χ0) is 22.0. The fraction of sp³-hybridized carbons (Fsp3) is 0.690. The van der Waals surface area contributed by atoms with Gasteiger partial charge in [-0.25, -0.2) is 9.13 Å². The van der Waals surface area contributed by atoms with Crippen LogP contribution >= 0.6 is 0 Å². The first-order valence-electron chi connectivity index (χ1n) is 13.4. The fourth-order valence-electron chi connectivity index (χ4n) is 4.59. The van der Waals surface area contributed by atoms with Crippen LogP contribution in [0.4, 0.5) is 0 Å². The van der Waals surface area contributed by atoms with Crippen LogP contribution in [0.1, 0.15) is 121 Å². The van der Waals surface area contributed by atoms with Gasteiger partial charge < -0.3 is 0 Å². The molecule has 31 heavy (non-hydrogen) atoms. The summed E-state index contributed by atoms with van der Waals surface area (Å²) in [5.74, 6) is 1.41. The molecule has 2 aromatic rings. The Morgan fingerprint density at radius 2 is 1.13 bits per heavy atom. The van der Waals surface area contributed by atoms with Crippen LogP contribution in [0, 0.1) is 0 Å². The number of nitrogens with zero attached hydrogens (tertiary/aromatic N) is 2. The molecule has 0 amide bonds. The molecule has 0 radical (unpaired) electrons. The number of hydrogen-bond acceptors (Lipinski definition) is 0. The third kappa shape index (κ3) is 11.6. The normalized spacial score (nSPS) is 11.3. The molecule has 2 nitrogen and oxygen atoms in total. The van der Waals surface area contributed by atoms with E-state index in [0.717, 1.165) is 13.0 Å². The summed E-state index contributed by atoms with van der Waals surface area (Å²) in [6.45, 7) is 3.45. The maximum absolute atomic E-state index is 2.46. The van der Waals surface area contributed by atoms with Crippen molar-refractivity contribution >= 4 is 0 Å². The second-order valence-electron chi connectivity index (χ2n) is 9.48. The quantitative estimate of drug-likeness (QED) is 0.158. The Bertz CT molecular complexity index is 659. The molecule has 0 aliphatic heterocycles. The second kappa shape index (κ2) is 17.0. The molecule has 0 saturated carbocycles. The van der Waals surface area contributed by atoms with Crippen LogP contribution in [0.15, 0.2) is 42.7 Å². The van der Waals surface area contributed by atoms with Gasteiger partial charge >= 0.3 is 0 Å². The van der Waals surface area contributed by atoms with Crippen LogP contribution in [0.25, 0.3) is 0 Å². The van der Waals surface area contributed by atoms with Crippen LogP contribution in [0.2, 0.25) is 0 Å². The van der Waals surface area contributed by atoms with Gasteiger partial charge in [0.25, 0.3) is 5.82 Å². The first-order valence-corrected chi connectivity index (χ1v) is 13.4. The van der Waals surface area contributed by atoms with Crippen LogP contribution < -0.4 is 4.57 Å². The zero-order valence-corrected chi connectivity index (χ0v) is 20.7. The number of rotatable bonds is 19. The maximum Gasteiger partial charge on any atom is 0.260 e. The van der Waals surface area contributed by atoms with Crippen molar-refractivity contribution in [2.24, 2.45) is 7.05 Å². The summed E-state index contributed by atoms with van der Waals surface area (Å²) in [6, 6.07) is 10.8. The molecular formula is C29H49N2+. The molecule has 1 aromatic heterocycles. The van der Waals surface area contributed by atoms with E-state index in [1.54, 1.807) is 0 Å². The minimum Gasteiger partial charge on any atom is -0.237 e. The van der Waals surface area contributed by atoms with Crippen molar-refractivity contribution in [2.45, 2.75) is 123 Å². The summed E-state index contributed by atoms with van der Waals surface area (Å²) in [4.78, 5) is 0. The monoisotopic (exact) mass is 425 g/mol. The second-order valence-corrected chi connectivity index (χ2v) is 9.48. The molecule has 0 N–H and O–H groups in total. The van der Waals surface area contributed by atoms with E-state index in [0.29, 0.717) is 0 Å². The topological polar surface area (TPSA) is 8.81 Å². The average molecular weight is 426 g/mol. The van der Waals surface area contributed by atoms with Crippen molar-refractivity contribution in [3.05, 3.63) is 54.1 Å². The van der Waals surface area contributed by atoms with Crippen LogP contribution in [0.3, 0.4) is 0 Å². The van der Waals surface area contributed by atoms with Gasteiger partial charge in [-0.1, -0.05) is 127 Å². The molecule has 0 spiro atoms. The third-order valence-electron chi connectivity index (χ3n) is 6.67. The zero-order valence-electron chi connectivity index (χ0n) is 20.7. The molecule has 2 rings (SSSR count). The third-order valence-corrected chi connectivity index (χ3v) is 6.67. The molecule has 0 aliphatic rings. The van der Waals surface area contributed by atoms with E-state index in [4.69, 9.17) is 0 Å². The summed E-state index contributed by atoms with van der Waals surface area (Å²) in [5.41, 5.74) is 1.39. The summed E-state index contributed by atoms with van der Waals surface area (Å²) in [7, 11) is 2.17. The standard InChI is InChI=1S/C29H49N2/c1-3-4-5-6-7-8-9-10-11-12-13-14-15-16-17-21-24-31-26-25-30(2)29(31)27-28-22-19-18-20-23-28/h18-20,22-23,25-26H,3-17,21,24,27H2,1-2H3/q+1. The van der Waals surface area contributed by atoms with Gasteiger partial charge in [0.1, 0.15) is 12.4 Å². The van der Waals surface area contributed by atoms with Gasteiger partial charge in [0.05, 0.1) is 20.0 Å². The first kappa shape index (κ1) is 25.7. The molecule has 1 heterocycles. The van der Waals surface area contributed by atoms with E-state index in [1.807, 2.05) is 0 Å². The summed E-state index contributed by atoms with van der Waals surface area (Å²) < 4.78 is 4.73. The highest BCUT2D eigenvalue weighted by atomic mass is 15.1. The fourth-order valence-corrected chi connectivity index (χ4v) is 4.59. The van der Waals surface area contributed by atoms with Gasteiger partial charge in [0.2, 0.25) is 0 Å². The molecule has 0 atom stereocenters. The summed E-state index contributed by atoms with van der Waals surface area (Å²) in [5, 5.41) is 0. The van der Waals surface area contributed by atoms with Crippen LogP contribution in [-0.2, 0) is 20.0 Å². The Morgan fingerprint density at radius 3 is 1.65 bits per heavy atom. The predicted octanol–water partition coefficient (Wildman–Crippen LogP) is 8.16. The predicted molar refractivity (Wildman–Crippen MR) is 134 cm³/mol. The van der Waals surface area contributed by atoms with E-state index in [-0.39, 0.29) is 0 Å². The van der Waals surface area contributed by atoms with Crippen molar-refractivity contribution in [1.82, 2.24) is 4.57 Å². The Labute approximate surface area is 193 Å². The summed E-state index contributed by atoms with van der Waals surface area (Å²) >= 11 is 0. The maximum atomic E-state index is 2.46. The van der Waals surface area contributed by atoms with Gasteiger partial charge in [0, 0.05) is 0 Å². The molecule has 0 fully saturated rings. The number of unbranched alkanes of at least 4 members (excludes halogenated alkanes) is 15. The van der Waals surface area contributed by atoms with E-state index in [1.165, 1.54) is 114 Å². The smallest absolute Gasteiger partial charge is 0.237 e. The molecule has 2 heteroatoms. The lowest BCUT2D eigenvalue weighted by Crippen LogP contribution is -2.37. The Morgan fingerprint density at radius 1 is 0.645 bits per heavy atom. The number of benzene rings is 1. The highest BCUT2D eigenvalue weighted by Gasteiger charge is 2.14.